The third-order valence-corrected chi connectivity index (χ3v) is 4.84. The van der Waals surface area contributed by atoms with Gasteiger partial charge in [-0.2, -0.15) is 0 Å². The number of nitro benzene ring substituents is 2. The van der Waals surface area contributed by atoms with E-state index in [0.29, 0.717) is 4.88 Å². The Bertz CT molecular complexity index is 1120. The van der Waals surface area contributed by atoms with Crippen LogP contribution in [-0.2, 0) is 9.59 Å². The normalized spacial score (nSPS) is 10.1. The van der Waals surface area contributed by atoms with Crippen molar-refractivity contribution in [1.82, 2.24) is 0 Å². The van der Waals surface area contributed by atoms with Crippen LogP contribution >= 0.6 is 11.3 Å². The number of hydrogen-bond donors (Lipinski definition) is 2. The van der Waals surface area contributed by atoms with Crippen LogP contribution in [0.2, 0.25) is 0 Å². The summed E-state index contributed by atoms with van der Waals surface area (Å²) in [4.78, 5) is 47.4. The molecule has 31 heavy (non-hydrogen) atoms. The van der Waals surface area contributed by atoms with E-state index < -0.39 is 21.7 Å². The van der Waals surface area contributed by atoms with Gasteiger partial charge in [-0.25, -0.2) is 0 Å². The number of anilines is 2. The lowest BCUT2D eigenvalue weighted by Gasteiger charge is -2.10. The van der Waals surface area contributed by atoms with Gasteiger partial charge < -0.3 is 10.6 Å². The number of nitrogens with one attached hydrogen (secondary N) is 2. The van der Waals surface area contributed by atoms with Crippen molar-refractivity contribution in [2.24, 2.45) is 0 Å². The van der Waals surface area contributed by atoms with Crippen molar-refractivity contribution in [2.45, 2.75) is 0 Å². The number of nitrogens with zero attached hydrogens (tertiary/aromatic N) is 2. The Kier molecular flexibility index (Phi) is 6.48. The number of hydrogen-bond acceptors (Lipinski definition) is 7. The van der Waals surface area contributed by atoms with Crippen LogP contribution in [0.15, 0.2) is 71.6 Å². The molecule has 0 atom stereocenters. The molecule has 3 aromatic rings. The SMILES string of the molecule is O=C(Nc1ccccc1[N+](=O)[O-])C(=Cc1cccs1)C(=O)Nc1ccccc1[N+](=O)[O-]. The summed E-state index contributed by atoms with van der Waals surface area (Å²) in [6.07, 6.45) is 1.30. The molecule has 156 valence electrons. The molecule has 0 fully saturated rings. The minimum absolute atomic E-state index is 0.0897. The smallest absolute Gasteiger partial charge is 0.292 e. The Morgan fingerprint density at radius 2 is 1.26 bits per heavy atom. The van der Waals surface area contributed by atoms with Crippen molar-refractivity contribution >= 4 is 52.0 Å². The summed E-state index contributed by atoms with van der Waals surface area (Å²) in [5, 5.41) is 28.9. The van der Waals surface area contributed by atoms with Crippen molar-refractivity contribution in [3.63, 3.8) is 0 Å². The standard InChI is InChI=1S/C20H14N4O6S/c25-19(21-15-7-1-3-9-17(15)23(27)28)14(12-13-6-5-11-31-13)20(26)22-16-8-2-4-10-18(16)24(29)30/h1-12H,(H,21,25)(H,22,26). The largest absolute Gasteiger partial charge is 0.316 e. The molecule has 2 N–H and O–H groups in total. The average Bonchev–Trinajstić information content (AvgIpc) is 3.25. The molecule has 0 unspecified atom stereocenters. The first kappa shape index (κ1) is 21.3. The fraction of sp³-hybridized carbons (Fsp3) is 0. The molecule has 0 spiro atoms. The molecule has 1 heterocycles. The summed E-state index contributed by atoms with van der Waals surface area (Å²) in [7, 11) is 0. The Balaban J connectivity index is 1.94. The van der Waals surface area contributed by atoms with Crippen LogP contribution in [0.1, 0.15) is 4.88 Å². The van der Waals surface area contributed by atoms with Crippen LogP contribution in [0.3, 0.4) is 0 Å². The summed E-state index contributed by atoms with van der Waals surface area (Å²) in [6.45, 7) is 0. The molecule has 0 bridgehead atoms. The summed E-state index contributed by atoms with van der Waals surface area (Å²) >= 11 is 1.26. The molecule has 10 nitrogen and oxygen atoms in total. The number of para-hydroxylation sites is 4. The fourth-order valence-electron chi connectivity index (χ4n) is 2.61. The number of rotatable bonds is 7. The second-order valence-electron chi connectivity index (χ2n) is 6.03. The van der Waals surface area contributed by atoms with Crippen LogP contribution in [0.4, 0.5) is 22.7 Å². The van der Waals surface area contributed by atoms with Gasteiger partial charge in [0.1, 0.15) is 16.9 Å². The van der Waals surface area contributed by atoms with Gasteiger partial charge in [0.2, 0.25) is 0 Å². The molecule has 3 rings (SSSR count). The van der Waals surface area contributed by atoms with Gasteiger partial charge in [0.15, 0.2) is 0 Å². The van der Waals surface area contributed by atoms with Crippen molar-refractivity contribution in [2.75, 3.05) is 10.6 Å². The van der Waals surface area contributed by atoms with Gasteiger partial charge >= 0.3 is 0 Å². The van der Waals surface area contributed by atoms with Crippen LogP contribution in [-0.4, -0.2) is 21.7 Å². The van der Waals surface area contributed by atoms with E-state index in [1.807, 2.05) is 0 Å². The highest BCUT2D eigenvalue weighted by molar-refractivity contribution is 7.10. The second-order valence-corrected chi connectivity index (χ2v) is 7.01. The number of benzene rings is 2. The quantitative estimate of drug-likeness (QED) is 0.186. The zero-order valence-corrected chi connectivity index (χ0v) is 16.5. The van der Waals surface area contributed by atoms with Crippen LogP contribution in [0, 0.1) is 20.2 Å². The lowest BCUT2D eigenvalue weighted by Crippen LogP contribution is -2.25. The highest BCUT2D eigenvalue weighted by Gasteiger charge is 2.24. The highest BCUT2D eigenvalue weighted by Crippen LogP contribution is 2.26. The maximum Gasteiger partial charge on any atom is 0.292 e. The van der Waals surface area contributed by atoms with Crippen LogP contribution < -0.4 is 10.6 Å². The minimum Gasteiger partial charge on any atom is -0.316 e. The minimum atomic E-state index is -0.904. The van der Waals surface area contributed by atoms with Gasteiger partial charge in [0.25, 0.3) is 23.2 Å². The number of carbonyl (C=O) groups excluding carboxylic acids is 2. The highest BCUT2D eigenvalue weighted by atomic mass is 32.1. The van der Waals surface area contributed by atoms with E-state index >= 15 is 0 Å². The molecule has 2 aromatic carbocycles. The molecule has 0 saturated heterocycles. The monoisotopic (exact) mass is 438 g/mol. The first-order chi connectivity index (χ1) is 14.9. The molecule has 11 heteroatoms. The van der Waals surface area contributed by atoms with Gasteiger partial charge in [-0.05, 0) is 29.7 Å². The van der Waals surface area contributed by atoms with Gasteiger partial charge in [-0.15, -0.1) is 11.3 Å². The first-order valence-electron chi connectivity index (χ1n) is 8.71. The Labute approximate surface area is 179 Å². The number of thiophene rings is 1. The van der Waals surface area contributed by atoms with E-state index in [2.05, 4.69) is 10.6 Å². The Morgan fingerprint density at radius 1 is 0.774 bits per heavy atom. The third kappa shape index (κ3) is 5.16. The predicted molar refractivity (Wildman–Crippen MR) is 116 cm³/mol. The molecule has 1 aromatic heterocycles. The zero-order chi connectivity index (χ0) is 22.4. The molecule has 0 saturated carbocycles. The summed E-state index contributed by atoms with van der Waals surface area (Å²) in [5.41, 5.74) is -1.24. The summed E-state index contributed by atoms with van der Waals surface area (Å²) in [6, 6.07) is 14.4. The maximum absolute atomic E-state index is 12.9. The molecular weight excluding hydrogens is 424 g/mol. The van der Waals surface area contributed by atoms with Crippen LogP contribution in [0.25, 0.3) is 6.08 Å². The molecule has 0 aliphatic carbocycles. The van der Waals surface area contributed by atoms with Gasteiger partial charge in [-0.1, -0.05) is 30.3 Å². The van der Waals surface area contributed by atoms with Crippen molar-refractivity contribution < 1.29 is 19.4 Å². The van der Waals surface area contributed by atoms with Crippen LogP contribution in [0.5, 0.6) is 0 Å². The van der Waals surface area contributed by atoms with E-state index in [1.165, 1.54) is 65.9 Å². The number of carbonyl (C=O) groups is 2. The van der Waals surface area contributed by atoms with E-state index in [9.17, 15) is 29.8 Å². The Hall–Kier alpha value is -4.38. The van der Waals surface area contributed by atoms with Gasteiger partial charge in [-0.3, -0.25) is 29.8 Å². The molecule has 0 aliphatic heterocycles. The first-order valence-corrected chi connectivity index (χ1v) is 9.59. The topological polar surface area (TPSA) is 144 Å². The van der Waals surface area contributed by atoms with E-state index in [0.717, 1.165) is 0 Å². The molecular formula is C20H14N4O6S. The van der Waals surface area contributed by atoms with E-state index in [1.54, 1.807) is 17.5 Å². The average molecular weight is 438 g/mol. The lowest BCUT2D eigenvalue weighted by atomic mass is 10.1. The summed E-state index contributed by atoms with van der Waals surface area (Å²) in [5.74, 6) is -1.81. The van der Waals surface area contributed by atoms with E-state index in [4.69, 9.17) is 0 Å². The zero-order valence-electron chi connectivity index (χ0n) is 15.7. The van der Waals surface area contributed by atoms with Gasteiger partial charge in [0.05, 0.1) is 9.85 Å². The number of amides is 2. The van der Waals surface area contributed by atoms with Gasteiger partial charge in [0, 0.05) is 17.0 Å². The Morgan fingerprint density at radius 3 is 1.68 bits per heavy atom. The lowest BCUT2D eigenvalue weighted by molar-refractivity contribution is -0.384. The number of nitro groups is 2. The summed E-state index contributed by atoms with van der Waals surface area (Å²) < 4.78 is 0. The predicted octanol–water partition coefficient (Wildman–Crippen LogP) is 4.23. The third-order valence-electron chi connectivity index (χ3n) is 4.02. The van der Waals surface area contributed by atoms with E-state index in [-0.39, 0.29) is 28.3 Å². The molecule has 0 radical (unpaired) electrons. The van der Waals surface area contributed by atoms with Crippen molar-refractivity contribution in [1.29, 1.82) is 0 Å². The van der Waals surface area contributed by atoms with Crippen molar-refractivity contribution in [3.8, 4) is 0 Å². The molecule has 2 amide bonds. The fourth-order valence-corrected chi connectivity index (χ4v) is 3.26. The second kappa shape index (κ2) is 9.41. The van der Waals surface area contributed by atoms with Crippen molar-refractivity contribution in [3.05, 3.63) is 96.7 Å². The molecule has 0 aliphatic rings. The maximum atomic E-state index is 12.9.